The van der Waals surface area contributed by atoms with Crippen molar-refractivity contribution >= 4 is 13.7 Å². The van der Waals surface area contributed by atoms with Crippen molar-refractivity contribution in [2.75, 3.05) is 40.9 Å². The molecule has 1 amide bonds. The molecule has 0 aliphatic carbocycles. The summed E-state index contributed by atoms with van der Waals surface area (Å²) < 4.78 is 23.8. The standard InChI is InChI=1S/C55H111N2O6P/c1-6-8-10-12-14-16-18-20-22-24-26-28-29-31-33-35-37-39-41-43-45-47-49-55(59)56-53(52-63-64(60,61)62-51-50-57(3,4)5)54(58)48-46-44-42-40-38-36-34-32-30-27-25-23-21-19-17-15-13-11-9-7-2/h29,31,53-54,58H,6-28,30,32-52H2,1-5H3,(H-,56,59,60,61)/p+1/b31-29-. The Morgan fingerprint density at radius 2 is 0.844 bits per heavy atom. The van der Waals surface area contributed by atoms with Crippen LogP contribution in [0.1, 0.15) is 284 Å². The number of hydrogen-bond donors (Lipinski definition) is 3. The number of carbonyl (C=O) groups is 1. The number of aliphatic hydroxyl groups is 1. The zero-order valence-corrected chi connectivity index (χ0v) is 44.4. The molecule has 3 atom stereocenters. The van der Waals surface area contributed by atoms with Gasteiger partial charge in [0.1, 0.15) is 13.2 Å². The van der Waals surface area contributed by atoms with E-state index in [9.17, 15) is 19.4 Å². The van der Waals surface area contributed by atoms with Crippen molar-refractivity contribution in [3.8, 4) is 0 Å². The van der Waals surface area contributed by atoms with Crippen LogP contribution >= 0.6 is 7.82 Å². The molecule has 8 nitrogen and oxygen atoms in total. The molecule has 3 N–H and O–H groups in total. The Morgan fingerprint density at radius 1 is 0.516 bits per heavy atom. The van der Waals surface area contributed by atoms with Crippen molar-refractivity contribution in [3.05, 3.63) is 12.2 Å². The van der Waals surface area contributed by atoms with E-state index < -0.39 is 20.0 Å². The summed E-state index contributed by atoms with van der Waals surface area (Å²) >= 11 is 0. The van der Waals surface area contributed by atoms with Gasteiger partial charge in [0.15, 0.2) is 0 Å². The van der Waals surface area contributed by atoms with E-state index >= 15 is 0 Å². The molecule has 0 aromatic heterocycles. The molecule has 0 aromatic carbocycles. The minimum atomic E-state index is -4.32. The number of carbonyl (C=O) groups excluding carboxylic acids is 1. The highest BCUT2D eigenvalue weighted by Gasteiger charge is 2.28. The fourth-order valence-corrected chi connectivity index (χ4v) is 9.31. The maximum Gasteiger partial charge on any atom is 0.472 e. The normalized spacial score (nSPS) is 14.0. The lowest BCUT2D eigenvalue weighted by atomic mass is 10.0. The van der Waals surface area contributed by atoms with Crippen molar-refractivity contribution < 1.29 is 32.9 Å². The number of aliphatic hydroxyl groups excluding tert-OH is 1. The van der Waals surface area contributed by atoms with Gasteiger partial charge in [-0.1, -0.05) is 251 Å². The second kappa shape index (κ2) is 47.3. The monoisotopic (exact) mass is 928 g/mol. The lowest BCUT2D eigenvalue weighted by molar-refractivity contribution is -0.870. The molecule has 0 fully saturated rings. The van der Waals surface area contributed by atoms with Gasteiger partial charge in [0.05, 0.1) is 39.9 Å². The van der Waals surface area contributed by atoms with E-state index in [0.717, 1.165) is 38.5 Å². The molecule has 0 bridgehead atoms. The largest absolute Gasteiger partial charge is 0.472 e. The molecule has 0 spiro atoms. The molecular weight excluding hydrogens is 816 g/mol. The Bertz CT molecular complexity index is 1050. The molecule has 382 valence electrons. The van der Waals surface area contributed by atoms with Crippen LogP contribution in [0.25, 0.3) is 0 Å². The SMILES string of the molecule is CCCCCCCCCCCCC/C=C\CCCCCCCCCC(=O)NC(COP(=O)(O)OCC[N+](C)(C)C)C(O)CCCCCCCCCCCCCCCCCCCCCC. The average Bonchev–Trinajstić information content (AvgIpc) is 3.25. The Hall–Kier alpha value is -0.760. The highest BCUT2D eigenvalue weighted by molar-refractivity contribution is 7.47. The van der Waals surface area contributed by atoms with Crippen LogP contribution in [0.5, 0.6) is 0 Å². The first-order valence-corrected chi connectivity index (χ1v) is 29.5. The maximum atomic E-state index is 13.0. The molecule has 0 heterocycles. The van der Waals surface area contributed by atoms with Gasteiger partial charge in [-0.05, 0) is 38.5 Å². The van der Waals surface area contributed by atoms with Crippen molar-refractivity contribution in [3.63, 3.8) is 0 Å². The molecular formula is C55H112N2O6P+. The molecule has 3 unspecified atom stereocenters. The predicted molar refractivity (Wildman–Crippen MR) is 277 cm³/mol. The van der Waals surface area contributed by atoms with E-state index in [4.69, 9.17) is 9.05 Å². The Kier molecular flexibility index (Phi) is 46.8. The Morgan fingerprint density at radius 3 is 1.20 bits per heavy atom. The number of amides is 1. The van der Waals surface area contributed by atoms with Gasteiger partial charge in [-0.15, -0.1) is 0 Å². The Balaban J connectivity index is 4.19. The number of allylic oxidation sites excluding steroid dienone is 2. The lowest BCUT2D eigenvalue weighted by Gasteiger charge is -2.26. The molecule has 0 aliphatic rings. The number of nitrogens with zero attached hydrogens (tertiary/aromatic N) is 1. The lowest BCUT2D eigenvalue weighted by Crippen LogP contribution is -2.46. The summed E-state index contributed by atoms with van der Waals surface area (Å²) in [6.07, 6.45) is 56.8. The van der Waals surface area contributed by atoms with E-state index in [1.165, 1.54) is 218 Å². The van der Waals surface area contributed by atoms with E-state index in [-0.39, 0.29) is 19.1 Å². The molecule has 9 heteroatoms. The molecule has 0 saturated carbocycles. The van der Waals surface area contributed by atoms with Gasteiger partial charge < -0.3 is 19.8 Å². The Labute approximate surface area is 399 Å². The van der Waals surface area contributed by atoms with Crippen LogP contribution in [0.2, 0.25) is 0 Å². The number of likely N-dealkylation sites (N-methyl/N-ethyl adjacent to an activating group) is 1. The van der Waals surface area contributed by atoms with Gasteiger partial charge >= 0.3 is 7.82 Å². The number of quaternary nitrogens is 1. The van der Waals surface area contributed by atoms with Crippen molar-refractivity contribution in [2.45, 2.75) is 296 Å². The maximum absolute atomic E-state index is 13.0. The number of nitrogens with one attached hydrogen (secondary N) is 1. The van der Waals surface area contributed by atoms with Gasteiger partial charge in [-0.2, -0.15) is 0 Å². The van der Waals surface area contributed by atoms with Crippen molar-refractivity contribution in [1.82, 2.24) is 5.32 Å². The van der Waals surface area contributed by atoms with Crippen LogP contribution in [-0.2, 0) is 18.4 Å². The third kappa shape index (κ3) is 49.2. The molecule has 64 heavy (non-hydrogen) atoms. The smallest absolute Gasteiger partial charge is 0.391 e. The third-order valence-electron chi connectivity index (χ3n) is 13.0. The van der Waals surface area contributed by atoms with Gasteiger partial charge in [0.25, 0.3) is 0 Å². The summed E-state index contributed by atoms with van der Waals surface area (Å²) in [5.41, 5.74) is 0. The highest BCUT2D eigenvalue weighted by atomic mass is 31.2. The van der Waals surface area contributed by atoms with E-state index in [0.29, 0.717) is 23.9 Å². The average molecular weight is 928 g/mol. The third-order valence-corrected chi connectivity index (χ3v) is 14.0. The van der Waals surface area contributed by atoms with Crippen LogP contribution in [0.15, 0.2) is 12.2 Å². The van der Waals surface area contributed by atoms with Crippen LogP contribution < -0.4 is 5.32 Å². The second-order valence-corrected chi connectivity index (χ2v) is 22.1. The summed E-state index contributed by atoms with van der Waals surface area (Å²) in [4.78, 5) is 23.3. The first kappa shape index (κ1) is 63.2. The fourth-order valence-electron chi connectivity index (χ4n) is 8.57. The zero-order chi connectivity index (χ0) is 47.1. The van der Waals surface area contributed by atoms with Crippen LogP contribution in [-0.4, -0.2) is 73.4 Å². The second-order valence-electron chi connectivity index (χ2n) is 20.7. The highest BCUT2D eigenvalue weighted by Crippen LogP contribution is 2.43. The molecule has 0 saturated heterocycles. The van der Waals surface area contributed by atoms with Gasteiger partial charge in [-0.25, -0.2) is 4.57 Å². The van der Waals surface area contributed by atoms with Crippen LogP contribution in [0, 0.1) is 0 Å². The molecule has 0 aliphatic heterocycles. The number of rotatable bonds is 52. The summed E-state index contributed by atoms with van der Waals surface area (Å²) in [6, 6.07) is -0.760. The number of unbranched alkanes of at least 4 members (excludes halogenated alkanes) is 37. The number of phosphoric ester groups is 1. The minimum Gasteiger partial charge on any atom is -0.391 e. The van der Waals surface area contributed by atoms with E-state index in [1.54, 1.807) is 0 Å². The van der Waals surface area contributed by atoms with Gasteiger partial charge in [-0.3, -0.25) is 13.8 Å². The molecule has 0 radical (unpaired) electrons. The summed E-state index contributed by atoms with van der Waals surface area (Å²) in [7, 11) is 1.63. The molecule has 0 aromatic rings. The van der Waals surface area contributed by atoms with Crippen LogP contribution in [0.4, 0.5) is 0 Å². The minimum absolute atomic E-state index is 0.0762. The predicted octanol–water partition coefficient (Wildman–Crippen LogP) is 16.7. The van der Waals surface area contributed by atoms with E-state index in [2.05, 4.69) is 31.3 Å². The van der Waals surface area contributed by atoms with E-state index in [1.807, 2.05) is 21.1 Å². The topological polar surface area (TPSA) is 105 Å². The van der Waals surface area contributed by atoms with Crippen molar-refractivity contribution in [1.29, 1.82) is 0 Å². The summed E-state index contributed by atoms with van der Waals surface area (Å²) in [6.45, 7) is 4.93. The summed E-state index contributed by atoms with van der Waals surface area (Å²) in [5, 5.41) is 14.1. The number of phosphoric acid groups is 1. The van der Waals surface area contributed by atoms with Gasteiger partial charge in [0.2, 0.25) is 5.91 Å². The summed E-state index contributed by atoms with van der Waals surface area (Å²) in [5.74, 6) is -0.144. The fraction of sp³-hybridized carbons (Fsp3) is 0.945. The number of hydrogen-bond acceptors (Lipinski definition) is 5. The first-order chi connectivity index (χ1) is 31.0. The quantitative estimate of drug-likeness (QED) is 0.0243. The first-order valence-electron chi connectivity index (χ1n) is 28.1. The van der Waals surface area contributed by atoms with Gasteiger partial charge in [0, 0.05) is 6.42 Å². The molecule has 0 rings (SSSR count). The van der Waals surface area contributed by atoms with Crippen LogP contribution in [0.3, 0.4) is 0 Å². The van der Waals surface area contributed by atoms with Crippen molar-refractivity contribution in [2.24, 2.45) is 0 Å². The zero-order valence-electron chi connectivity index (χ0n) is 43.6.